The summed E-state index contributed by atoms with van der Waals surface area (Å²) in [7, 11) is -3.24. The third-order valence-corrected chi connectivity index (χ3v) is 5.40. The highest BCUT2D eigenvalue weighted by Crippen LogP contribution is 2.34. The summed E-state index contributed by atoms with van der Waals surface area (Å²) in [5, 5.41) is 4.27. The molecule has 0 aliphatic carbocycles. The van der Waals surface area contributed by atoms with Crippen molar-refractivity contribution in [3.05, 3.63) is 29.8 Å². The average Bonchev–Trinajstić information content (AvgIpc) is 3.15. The van der Waals surface area contributed by atoms with Crippen molar-refractivity contribution in [3.63, 3.8) is 0 Å². The second kappa shape index (κ2) is 6.01. The molecule has 3 rings (SSSR count). The first-order valence-electron chi connectivity index (χ1n) is 7.74. The maximum absolute atomic E-state index is 12.0. The highest BCUT2D eigenvalue weighted by Gasteiger charge is 2.34. The number of aromatic nitrogens is 4. The molecular formula is C15H21N5O2S. The molecule has 1 saturated heterocycles. The van der Waals surface area contributed by atoms with Gasteiger partial charge in [0.25, 0.3) is 0 Å². The molecule has 0 aromatic carbocycles. The van der Waals surface area contributed by atoms with Crippen LogP contribution in [0.3, 0.4) is 0 Å². The highest BCUT2D eigenvalue weighted by atomic mass is 32.2. The van der Waals surface area contributed by atoms with Crippen molar-refractivity contribution in [1.82, 2.24) is 24.1 Å². The van der Waals surface area contributed by atoms with Gasteiger partial charge >= 0.3 is 0 Å². The summed E-state index contributed by atoms with van der Waals surface area (Å²) in [4.78, 5) is 9.00. The third-order valence-electron chi connectivity index (χ3n) is 4.11. The van der Waals surface area contributed by atoms with E-state index in [0.717, 1.165) is 36.5 Å². The maximum Gasteiger partial charge on any atom is 0.211 e. The van der Waals surface area contributed by atoms with Crippen molar-refractivity contribution in [2.24, 2.45) is 0 Å². The molecule has 1 unspecified atom stereocenters. The Morgan fingerprint density at radius 3 is 2.83 bits per heavy atom. The average molecular weight is 335 g/mol. The van der Waals surface area contributed by atoms with Gasteiger partial charge < -0.3 is 0 Å². The Labute approximate surface area is 136 Å². The van der Waals surface area contributed by atoms with Crippen LogP contribution in [0.15, 0.2) is 18.3 Å². The molecule has 1 atom stereocenters. The lowest BCUT2D eigenvalue weighted by atomic mass is 10.1. The third kappa shape index (κ3) is 3.13. The Bertz CT molecular complexity index is 815. The second-order valence-electron chi connectivity index (χ2n) is 5.79. The summed E-state index contributed by atoms with van der Waals surface area (Å²) in [5.74, 6) is 0.640. The fraction of sp³-hybridized carbons (Fsp3) is 0.533. The van der Waals surface area contributed by atoms with Crippen LogP contribution in [0.25, 0.3) is 11.4 Å². The van der Waals surface area contributed by atoms with Crippen molar-refractivity contribution in [1.29, 1.82) is 0 Å². The first kappa shape index (κ1) is 16.1. The number of nitrogens with zero attached hydrogens (tertiary/aromatic N) is 5. The lowest BCUT2D eigenvalue weighted by molar-refractivity contribution is 0.393. The standard InChI is InChI=1S/C15H21N5O2S/c1-4-19-14(7-8-16-19)12-10-13(18-11(2)17-12)15-6-5-9-20(15)23(3,21)22/h7-8,10,15H,4-6,9H2,1-3H3. The molecule has 1 aliphatic rings. The van der Waals surface area contributed by atoms with E-state index in [-0.39, 0.29) is 6.04 Å². The van der Waals surface area contributed by atoms with E-state index < -0.39 is 10.0 Å². The number of hydrogen-bond donors (Lipinski definition) is 0. The second-order valence-corrected chi connectivity index (χ2v) is 7.72. The minimum absolute atomic E-state index is 0.205. The minimum Gasteiger partial charge on any atom is -0.264 e. The quantitative estimate of drug-likeness (QED) is 0.850. The van der Waals surface area contributed by atoms with Crippen LogP contribution in [-0.2, 0) is 16.6 Å². The molecule has 1 fully saturated rings. The van der Waals surface area contributed by atoms with E-state index in [1.165, 1.54) is 10.6 Å². The molecule has 2 aromatic rings. The van der Waals surface area contributed by atoms with Gasteiger partial charge in [0.15, 0.2) is 0 Å². The zero-order chi connectivity index (χ0) is 16.6. The Balaban J connectivity index is 2.05. The highest BCUT2D eigenvalue weighted by molar-refractivity contribution is 7.88. The summed E-state index contributed by atoms with van der Waals surface area (Å²) in [6.07, 6.45) is 4.64. The number of hydrogen-bond acceptors (Lipinski definition) is 5. The van der Waals surface area contributed by atoms with Gasteiger partial charge in [-0.2, -0.15) is 9.40 Å². The van der Waals surface area contributed by atoms with Crippen molar-refractivity contribution >= 4 is 10.0 Å². The topological polar surface area (TPSA) is 81.0 Å². The summed E-state index contributed by atoms with van der Waals surface area (Å²) < 4.78 is 27.4. The fourth-order valence-electron chi connectivity index (χ4n) is 3.13. The Morgan fingerprint density at radius 1 is 1.35 bits per heavy atom. The van der Waals surface area contributed by atoms with Gasteiger partial charge in [-0.25, -0.2) is 18.4 Å². The Kier molecular flexibility index (Phi) is 4.20. The van der Waals surface area contributed by atoms with Crippen molar-refractivity contribution in [3.8, 4) is 11.4 Å². The smallest absolute Gasteiger partial charge is 0.211 e. The molecule has 0 saturated carbocycles. The number of rotatable bonds is 4. The molecular weight excluding hydrogens is 314 g/mol. The first-order chi connectivity index (χ1) is 10.9. The van der Waals surface area contributed by atoms with Gasteiger partial charge in [-0.1, -0.05) is 0 Å². The van der Waals surface area contributed by atoms with Gasteiger partial charge in [0.2, 0.25) is 10.0 Å². The van der Waals surface area contributed by atoms with Crippen LogP contribution in [0.2, 0.25) is 0 Å². The summed E-state index contributed by atoms with van der Waals surface area (Å²) in [6, 6.07) is 3.60. The molecule has 7 nitrogen and oxygen atoms in total. The molecule has 1 aliphatic heterocycles. The fourth-order valence-corrected chi connectivity index (χ4v) is 4.26. The largest absolute Gasteiger partial charge is 0.264 e. The number of aryl methyl sites for hydroxylation is 2. The summed E-state index contributed by atoms with van der Waals surface area (Å²) >= 11 is 0. The Hall–Kier alpha value is -1.80. The van der Waals surface area contributed by atoms with E-state index in [1.54, 1.807) is 6.20 Å². The monoisotopic (exact) mass is 335 g/mol. The molecule has 0 radical (unpaired) electrons. The van der Waals surface area contributed by atoms with Crippen LogP contribution in [0, 0.1) is 6.92 Å². The van der Waals surface area contributed by atoms with Crippen molar-refractivity contribution in [2.45, 2.75) is 39.3 Å². The van der Waals surface area contributed by atoms with E-state index in [2.05, 4.69) is 15.1 Å². The van der Waals surface area contributed by atoms with E-state index in [9.17, 15) is 8.42 Å². The van der Waals surface area contributed by atoms with Gasteiger partial charge in [0, 0.05) is 19.3 Å². The molecule has 3 heterocycles. The first-order valence-corrected chi connectivity index (χ1v) is 9.59. The number of sulfonamides is 1. The van der Waals surface area contributed by atoms with Gasteiger partial charge in [-0.05, 0) is 38.8 Å². The molecule has 124 valence electrons. The van der Waals surface area contributed by atoms with Crippen LogP contribution in [0.5, 0.6) is 0 Å². The zero-order valence-corrected chi connectivity index (χ0v) is 14.4. The van der Waals surface area contributed by atoms with E-state index in [4.69, 9.17) is 0 Å². The van der Waals surface area contributed by atoms with Gasteiger partial charge in [-0.15, -0.1) is 0 Å². The molecule has 0 spiro atoms. The molecule has 8 heteroatoms. The molecule has 0 bridgehead atoms. The van der Waals surface area contributed by atoms with Crippen LogP contribution in [0.4, 0.5) is 0 Å². The van der Waals surface area contributed by atoms with Crippen LogP contribution in [-0.4, -0.2) is 45.3 Å². The van der Waals surface area contributed by atoms with Gasteiger partial charge in [0.1, 0.15) is 5.82 Å². The lowest BCUT2D eigenvalue weighted by Crippen LogP contribution is -2.30. The van der Waals surface area contributed by atoms with Crippen LogP contribution >= 0.6 is 0 Å². The molecule has 2 aromatic heterocycles. The van der Waals surface area contributed by atoms with Gasteiger partial charge in [0.05, 0.1) is 29.4 Å². The van der Waals surface area contributed by atoms with Crippen LogP contribution < -0.4 is 0 Å². The van der Waals surface area contributed by atoms with Crippen molar-refractivity contribution < 1.29 is 8.42 Å². The zero-order valence-electron chi connectivity index (χ0n) is 13.6. The molecule has 0 amide bonds. The summed E-state index contributed by atoms with van der Waals surface area (Å²) in [6.45, 7) is 5.15. The summed E-state index contributed by atoms with van der Waals surface area (Å²) in [5.41, 5.74) is 2.47. The van der Waals surface area contributed by atoms with Gasteiger partial charge in [-0.3, -0.25) is 4.68 Å². The van der Waals surface area contributed by atoms with E-state index in [0.29, 0.717) is 12.4 Å². The Morgan fingerprint density at radius 2 is 2.13 bits per heavy atom. The van der Waals surface area contributed by atoms with Crippen molar-refractivity contribution in [2.75, 3.05) is 12.8 Å². The molecule has 0 N–H and O–H groups in total. The molecule has 23 heavy (non-hydrogen) atoms. The normalized spacial score (nSPS) is 19.3. The SMILES string of the molecule is CCn1nccc1-c1cc(C2CCCN2S(C)(=O)=O)nc(C)n1. The van der Waals surface area contributed by atoms with E-state index >= 15 is 0 Å². The predicted octanol–water partition coefficient (Wildman–Crippen LogP) is 1.76. The minimum atomic E-state index is -3.24. The van der Waals surface area contributed by atoms with E-state index in [1.807, 2.05) is 30.7 Å². The lowest BCUT2D eigenvalue weighted by Gasteiger charge is -2.22. The van der Waals surface area contributed by atoms with Crippen LogP contribution in [0.1, 0.15) is 37.3 Å². The maximum atomic E-state index is 12.0. The predicted molar refractivity (Wildman–Crippen MR) is 87.2 cm³/mol.